The van der Waals surface area contributed by atoms with Gasteiger partial charge in [-0.3, -0.25) is 24.0 Å². The molecule has 5 amide bonds. The van der Waals surface area contributed by atoms with Gasteiger partial charge >= 0.3 is 6.18 Å². The highest BCUT2D eigenvalue weighted by atomic mass is 19.4. The third-order valence-corrected chi connectivity index (χ3v) is 8.90. The summed E-state index contributed by atoms with van der Waals surface area (Å²) in [6.07, 6.45) is -7.31. The molecule has 0 spiro atoms. The van der Waals surface area contributed by atoms with Crippen LogP contribution >= 0.6 is 0 Å². The van der Waals surface area contributed by atoms with Crippen LogP contribution in [-0.4, -0.2) is 70.6 Å². The predicted octanol–water partition coefficient (Wildman–Crippen LogP) is 3.30. The molecule has 0 radical (unpaired) electrons. The molecule has 0 bridgehead atoms. The summed E-state index contributed by atoms with van der Waals surface area (Å²) in [6.45, 7) is 1.22. The van der Waals surface area contributed by atoms with E-state index in [1.807, 2.05) is 47.8 Å². The number of primary amides is 1. The molecule has 0 aliphatic heterocycles. The predicted molar refractivity (Wildman–Crippen MR) is 183 cm³/mol. The van der Waals surface area contributed by atoms with E-state index in [0.29, 0.717) is 36.8 Å². The fourth-order valence-electron chi connectivity index (χ4n) is 6.00. The molecule has 1 aliphatic carbocycles. The van der Waals surface area contributed by atoms with Crippen LogP contribution in [0.2, 0.25) is 0 Å². The van der Waals surface area contributed by atoms with Crippen LogP contribution in [0.3, 0.4) is 0 Å². The van der Waals surface area contributed by atoms with Crippen molar-refractivity contribution in [1.82, 2.24) is 21.3 Å². The summed E-state index contributed by atoms with van der Waals surface area (Å²) < 4.78 is 39.8. The third kappa shape index (κ3) is 10.6. The summed E-state index contributed by atoms with van der Waals surface area (Å²) in [5, 5.41) is 19.9. The molecule has 1 saturated carbocycles. The maximum atomic E-state index is 14.0. The number of alkyl halides is 3. The molecule has 0 heterocycles. The van der Waals surface area contributed by atoms with Crippen LogP contribution in [0.1, 0.15) is 61.4 Å². The zero-order chi connectivity index (χ0) is 37.2. The number of rotatable bonds is 15. The van der Waals surface area contributed by atoms with Crippen LogP contribution < -0.4 is 27.0 Å². The highest BCUT2D eigenvalue weighted by Crippen LogP contribution is 2.31. The van der Waals surface area contributed by atoms with Gasteiger partial charge in [0.25, 0.3) is 5.91 Å². The van der Waals surface area contributed by atoms with Crippen molar-refractivity contribution in [2.24, 2.45) is 5.73 Å². The Kier molecular flexibility index (Phi) is 12.9. The van der Waals surface area contributed by atoms with Crippen molar-refractivity contribution in [3.05, 3.63) is 96.1 Å². The van der Waals surface area contributed by atoms with E-state index in [4.69, 9.17) is 5.73 Å². The molecule has 4 unspecified atom stereocenters. The van der Waals surface area contributed by atoms with Gasteiger partial charge in [-0.1, -0.05) is 85.6 Å². The Labute approximate surface area is 293 Å². The van der Waals surface area contributed by atoms with E-state index in [-0.39, 0.29) is 6.42 Å². The topological polar surface area (TPSA) is 180 Å². The Morgan fingerprint density at radius 1 is 0.804 bits per heavy atom. The normalized spacial score (nSPS) is 16.2. The van der Waals surface area contributed by atoms with Crippen LogP contribution in [0.5, 0.6) is 0 Å². The summed E-state index contributed by atoms with van der Waals surface area (Å²) in [5.74, 6) is -3.86. The molecular weight excluding hydrogens is 667 g/mol. The van der Waals surface area contributed by atoms with Gasteiger partial charge in [-0.2, -0.15) is 13.2 Å². The van der Waals surface area contributed by atoms with Gasteiger partial charge in [0.15, 0.2) is 6.10 Å². The molecule has 4 rings (SSSR count). The SMILES string of the molecule is CC(NC(=O)C(Cc1ccccc1)NC(=O)C1(NC(=O)c2ccc(-c3ccccc3)cc2)CCCC1)C(=O)NC(CCC(N)=O)C(O)C(F)(F)F. The number of hydrogen-bond donors (Lipinski definition) is 6. The Hall–Kier alpha value is -5.24. The molecule has 14 heteroatoms. The first-order valence-corrected chi connectivity index (χ1v) is 16.7. The molecule has 0 saturated heterocycles. The number of aliphatic hydroxyl groups excluding tert-OH is 1. The molecule has 3 aromatic carbocycles. The molecular formula is C37H42F3N5O6. The number of carbonyl (C=O) groups is 5. The summed E-state index contributed by atoms with van der Waals surface area (Å²) >= 11 is 0. The summed E-state index contributed by atoms with van der Waals surface area (Å²) in [5.41, 5.74) is 6.63. The quantitative estimate of drug-likeness (QED) is 0.141. The Morgan fingerprint density at radius 3 is 1.94 bits per heavy atom. The van der Waals surface area contributed by atoms with E-state index in [1.165, 1.54) is 6.92 Å². The van der Waals surface area contributed by atoms with Gasteiger partial charge in [0.05, 0.1) is 6.04 Å². The zero-order valence-corrected chi connectivity index (χ0v) is 28.0. The molecule has 11 nitrogen and oxygen atoms in total. The van der Waals surface area contributed by atoms with E-state index >= 15 is 0 Å². The van der Waals surface area contributed by atoms with Gasteiger partial charge in [0, 0.05) is 18.4 Å². The van der Waals surface area contributed by atoms with E-state index in [9.17, 15) is 42.3 Å². The zero-order valence-electron chi connectivity index (χ0n) is 28.0. The van der Waals surface area contributed by atoms with Crippen molar-refractivity contribution >= 4 is 29.5 Å². The van der Waals surface area contributed by atoms with E-state index in [1.54, 1.807) is 42.5 Å². The first-order chi connectivity index (χ1) is 24.2. The molecule has 51 heavy (non-hydrogen) atoms. The van der Waals surface area contributed by atoms with Gasteiger partial charge in [0.1, 0.15) is 17.6 Å². The van der Waals surface area contributed by atoms with Crippen molar-refractivity contribution in [2.45, 2.75) is 87.8 Å². The highest BCUT2D eigenvalue weighted by Gasteiger charge is 2.45. The second-order valence-electron chi connectivity index (χ2n) is 12.7. The van der Waals surface area contributed by atoms with Gasteiger partial charge < -0.3 is 32.1 Å². The monoisotopic (exact) mass is 709 g/mol. The van der Waals surface area contributed by atoms with Crippen LogP contribution in [0.4, 0.5) is 13.2 Å². The molecule has 3 aromatic rings. The maximum Gasteiger partial charge on any atom is 0.416 e. The average molecular weight is 710 g/mol. The number of halogens is 3. The Bertz CT molecular complexity index is 1670. The number of amides is 5. The molecule has 7 N–H and O–H groups in total. The van der Waals surface area contributed by atoms with Crippen molar-refractivity contribution in [3.8, 4) is 11.1 Å². The van der Waals surface area contributed by atoms with Gasteiger partial charge in [-0.25, -0.2) is 0 Å². The van der Waals surface area contributed by atoms with Crippen LogP contribution in [0.25, 0.3) is 11.1 Å². The smallest absolute Gasteiger partial charge is 0.382 e. The lowest BCUT2D eigenvalue weighted by atomic mass is 9.94. The number of carbonyl (C=O) groups excluding carboxylic acids is 5. The lowest BCUT2D eigenvalue weighted by Gasteiger charge is -2.32. The minimum atomic E-state index is -5.11. The standard InChI is InChI=1S/C37H42F3N5O6/c1-23(32(48)43-28(18-19-30(41)46)31(47)37(38,39)40)42-34(50)29(22-24-10-4-2-5-11-24)44-35(51)36(20-8-9-21-36)45-33(49)27-16-14-26(15-17-27)25-12-6-3-7-13-25/h2-7,10-17,23,28-29,31,47H,8-9,18-22H2,1H3,(H2,41,46)(H,42,50)(H,43,48)(H,44,51)(H,45,49). The minimum absolute atomic E-state index is 0.00818. The second-order valence-corrected chi connectivity index (χ2v) is 12.7. The summed E-state index contributed by atoms with van der Waals surface area (Å²) in [6, 6.07) is 20.7. The third-order valence-electron chi connectivity index (χ3n) is 8.90. The molecule has 0 aromatic heterocycles. The Balaban J connectivity index is 1.48. The lowest BCUT2D eigenvalue weighted by Crippen LogP contribution is -2.62. The minimum Gasteiger partial charge on any atom is -0.382 e. The number of hydrogen-bond acceptors (Lipinski definition) is 6. The van der Waals surface area contributed by atoms with Crippen molar-refractivity contribution < 1.29 is 42.3 Å². The fourth-order valence-corrected chi connectivity index (χ4v) is 6.00. The molecule has 4 atom stereocenters. The van der Waals surface area contributed by atoms with Crippen LogP contribution in [-0.2, 0) is 25.6 Å². The number of nitrogens with one attached hydrogen (secondary N) is 4. The average Bonchev–Trinajstić information content (AvgIpc) is 3.59. The maximum absolute atomic E-state index is 14.0. The van der Waals surface area contributed by atoms with Crippen molar-refractivity contribution in [3.63, 3.8) is 0 Å². The van der Waals surface area contributed by atoms with E-state index in [0.717, 1.165) is 11.1 Å². The Morgan fingerprint density at radius 2 is 1.37 bits per heavy atom. The fraction of sp³-hybridized carbons (Fsp3) is 0.378. The van der Waals surface area contributed by atoms with Crippen molar-refractivity contribution in [1.29, 1.82) is 0 Å². The second kappa shape index (κ2) is 17.1. The molecule has 272 valence electrons. The van der Waals surface area contributed by atoms with Gasteiger partial charge in [-0.05, 0) is 55.0 Å². The van der Waals surface area contributed by atoms with Crippen LogP contribution in [0.15, 0.2) is 84.9 Å². The summed E-state index contributed by atoms with van der Waals surface area (Å²) in [7, 11) is 0. The lowest BCUT2D eigenvalue weighted by molar-refractivity contribution is -0.212. The highest BCUT2D eigenvalue weighted by molar-refractivity contribution is 6.01. The molecule has 1 aliphatic rings. The van der Waals surface area contributed by atoms with Crippen LogP contribution in [0, 0.1) is 0 Å². The number of nitrogens with two attached hydrogens (primary N) is 1. The number of benzene rings is 3. The summed E-state index contributed by atoms with van der Waals surface area (Å²) in [4.78, 5) is 65.2. The van der Waals surface area contributed by atoms with Gasteiger partial charge in [-0.15, -0.1) is 0 Å². The van der Waals surface area contributed by atoms with E-state index < -0.39 is 78.3 Å². The largest absolute Gasteiger partial charge is 0.416 e. The first-order valence-electron chi connectivity index (χ1n) is 16.7. The van der Waals surface area contributed by atoms with Crippen molar-refractivity contribution in [2.75, 3.05) is 0 Å². The van der Waals surface area contributed by atoms with Gasteiger partial charge in [0.2, 0.25) is 23.6 Å². The molecule has 1 fully saturated rings. The van der Waals surface area contributed by atoms with E-state index in [2.05, 4.69) is 16.0 Å². The number of aliphatic hydroxyl groups is 1. The first kappa shape index (κ1) is 38.6.